The molecule has 108 valence electrons. The van der Waals surface area contributed by atoms with Gasteiger partial charge < -0.3 is 0 Å². The first kappa shape index (κ1) is 14.8. The molecule has 2 aromatic carbocycles. The van der Waals surface area contributed by atoms with Gasteiger partial charge in [0.25, 0.3) is 0 Å². The van der Waals surface area contributed by atoms with Crippen molar-refractivity contribution in [2.24, 2.45) is 0 Å². The Labute approximate surface area is 141 Å². The Hall–Kier alpha value is -1.14. The molecule has 5 heteroatoms. The second kappa shape index (κ2) is 5.57. The van der Waals surface area contributed by atoms with Gasteiger partial charge in [-0.05, 0) is 66.8 Å². The third-order valence-electron chi connectivity index (χ3n) is 3.48. The third-order valence-corrected chi connectivity index (χ3v) is 4.34. The number of alkyl halides is 1. The van der Waals surface area contributed by atoms with E-state index in [1.165, 1.54) is 6.07 Å². The molecule has 0 aliphatic carbocycles. The van der Waals surface area contributed by atoms with Crippen LogP contribution in [0.4, 0.5) is 4.39 Å². The molecular weight excluding hydrogens is 402 g/mol. The fourth-order valence-corrected chi connectivity index (χ4v) is 3.05. The van der Waals surface area contributed by atoms with E-state index < -0.39 is 0 Å². The Bertz CT molecular complexity index is 827. The monoisotopic (exact) mass is 414 g/mol. The molecule has 0 saturated carbocycles. The number of imidazole rings is 1. The van der Waals surface area contributed by atoms with Gasteiger partial charge in [-0.1, -0.05) is 6.07 Å². The molecule has 0 aliphatic rings. The van der Waals surface area contributed by atoms with Crippen LogP contribution in [0.3, 0.4) is 0 Å². The average molecular weight is 415 g/mol. The van der Waals surface area contributed by atoms with Crippen LogP contribution in [0.15, 0.2) is 36.4 Å². The third kappa shape index (κ3) is 2.55. The van der Waals surface area contributed by atoms with Crippen LogP contribution in [0.25, 0.3) is 16.7 Å². The van der Waals surface area contributed by atoms with E-state index in [1.807, 2.05) is 35.8 Å². The lowest BCUT2D eigenvalue weighted by atomic mass is 10.1. The number of halogens is 3. The standard InChI is InChI=1S/C16H13ClFIN2/c1-9-12(18)4-3-5-14(9)21-15-7-6-11(19)8-13(15)20-16(21)10(2)17/h3-8,10H,1-2H3. The highest BCUT2D eigenvalue weighted by Gasteiger charge is 2.18. The molecule has 0 bridgehead atoms. The molecule has 1 unspecified atom stereocenters. The lowest BCUT2D eigenvalue weighted by Crippen LogP contribution is -2.04. The van der Waals surface area contributed by atoms with Gasteiger partial charge in [-0.3, -0.25) is 4.57 Å². The summed E-state index contributed by atoms with van der Waals surface area (Å²) in [6.45, 7) is 3.64. The van der Waals surface area contributed by atoms with Crippen LogP contribution in [0, 0.1) is 16.3 Å². The van der Waals surface area contributed by atoms with Crippen molar-refractivity contribution in [3.05, 3.63) is 57.2 Å². The second-order valence-corrected chi connectivity index (χ2v) is 6.84. The van der Waals surface area contributed by atoms with E-state index in [9.17, 15) is 4.39 Å². The van der Waals surface area contributed by atoms with E-state index in [4.69, 9.17) is 11.6 Å². The van der Waals surface area contributed by atoms with E-state index in [1.54, 1.807) is 13.0 Å². The smallest absolute Gasteiger partial charge is 0.132 e. The summed E-state index contributed by atoms with van der Waals surface area (Å²) in [4.78, 5) is 4.62. The molecule has 0 spiro atoms. The molecule has 0 aliphatic heterocycles. The van der Waals surface area contributed by atoms with Gasteiger partial charge in [0.15, 0.2) is 0 Å². The molecule has 1 heterocycles. The maximum atomic E-state index is 13.9. The van der Waals surface area contributed by atoms with Gasteiger partial charge in [-0.25, -0.2) is 9.37 Å². The summed E-state index contributed by atoms with van der Waals surface area (Å²) in [6.07, 6.45) is 0. The first-order valence-corrected chi connectivity index (χ1v) is 8.08. The van der Waals surface area contributed by atoms with E-state index in [0.29, 0.717) is 5.56 Å². The molecule has 0 fully saturated rings. The van der Waals surface area contributed by atoms with Gasteiger partial charge in [-0.15, -0.1) is 11.6 Å². The summed E-state index contributed by atoms with van der Waals surface area (Å²) in [5, 5.41) is -0.266. The van der Waals surface area contributed by atoms with Gasteiger partial charge in [0.05, 0.1) is 22.1 Å². The minimum absolute atomic E-state index is 0.229. The van der Waals surface area contributed by atoms with Gasteiger partial charge in [-0.2, -0.15) is 0 Å². The van der Waals surface area contributed by atoms with Crippen molar-refractivity contribution in [1.82, 2.24) is 9.55 Å². The summed E-state index contributed by atoms with van der Waals surface area (Å²) < 4.78 is 17.0. The number of fused-ring (bicyclic) bond motifs is 1. The highest BCUT2D eigenvalue weighted by atomic mass is 127. The molecule has 1 atom stereocenters. The number of nitrogens with zero attached hydrogens (tertiary/aromatic N) is 2. The second-order valence-electron chi connectivity index (χ2n) is 4.94. The van der Waals surface area contributed by atoms with Crippen molar-refractivity contribution in [1.29, 1.82) is 0 Å². The lowest BCUT2D eigenvalue weighted by molar-refractivity contribution is 0.616. The Kier molecular flexibility index (Phi) is 3.92. The maximum absolute atomic E-state index is 13.9. The molecule has 0 saturated heterocycles. The minimum Gasteiger partial charge on any atom is -0.295 e. The fraction of sp³-hybridized carbons (Fsp3) is 0.188. The highest BCUT2D eigenvalue weighted by Crippen LogP contribution is 2.30. The number of benzene rings is 2. The predicted molar refractivity (Wildman–Crippen MR) is 92.8 cm³/mol. The lowest BCUT2D eigenvalue weighted by Gasteiger charge is -2.13. The van der Waals surface area contributed by atoms with Crippen LogP contribution in [0.1, 0.15) is 23.7 Å². The molecule has 3 rings (SSSR count). The highest BCUT2D eigenvalue weighted by molar-refractivity contribution is 14.1. The molecule has 3 aromatic rings. The van der Waals surface area contributed by atoms with Crippen LogP contribution >= 0.6 is 34.2 Å². The van der Waals surface area contributed by atoms with E-state index in [-0.39, 0.29) is 11.2 Å². The van der Waals surface area contributed by atoms with Crippen molar-refractivity contribution in [3.8, 4) is 5.69 Å². The zero-order chi connectivity index (χ0) is 15.1. The van der Waals surface area contributed by atoms with Gasteiger partial charge >= 0.3 is 0 Å². The summed E-state index contributed by atoms with van der Waals surface area (Å²) >= 11 is 8.53. The van der Waals surface area contributed by atoms with Crippen LogP contribution in [-0.2, 0) is 0 Å². The summed E-state index contributed by atoms with van der Waals surface area (Å²) in [5.74, 6) is 0.496. The fourth-order valence-electron chi connectivity index (χ4n) is 2.43. The molecule has 0 radical (unpaired) electrons. The zero-order valence-corrected chi connectivity index (χ0v) is 14.5. The van der Waals surface area contributed by atoms with Crippen molar-refractivity contribution in [2.45, 2.75) is 19.2 Å². The molecular formula is C16H13ClFIN2. The van der Waals surface area contributed by atoms with Crippen molar-refractivity contribution < 1.29 is 4.39 Å². The van der Waals surface area contributed by atoms with Crippen molar-refractivity contribution >= 4 is 45.2 Å². The summed E-state index contributed by atoms with van der Waals surface area (Å²) in [6, 6.07) is 11.1. The zero-order valence-electron chi connectivity index (χ0n) is 11.6. The first-order valence-electron chi connectivity index (χ1n) is 6.56. The average Bonchev–Trinajstić information content (AvgIpc) is 2.80. The Morgan fingerprint density at radius 3 is 2.76 bits per heavy atom. The molecule has 0 amide bonds. The normalized spacial score (nSPS) is 12.8. The van der Waals surface area contributed by atoms with Crippen molar-refractivity contribution in [3.63, 3.8) is 0 Å². The van der Waals surface area contributed by atoms with E-state index >= 15 is 0 Å². The van der Waals surface area contributed by atoms with E-state index in [0.717, 1.165) is 26.1 Å². The molecule has 1 aromatic heterocycles. The summed E-state index contributed by atoms with van der Waals surface area (Å²) in [5.41, 5.74) is 3.18. The quantitative estimate of drug-likeness (QED) is 0.407. The van der Waals surface area contributed by atoms with Gasteiger partial charge in [0.1, 0.15) is 11.6 Å². The van der Waals surface area contributed by atoms with Crippen LogP contribution in [0.2, 0.25) is 0 Å². The first-order chi connectivity index (χ1) is 9.99. The Morgan fingerprint density at radius 1 is 1.29 bits per heavy atom. The molecule has 0 N–H and O–H groups in total. The minimum atomic E-state index is -0.266. The van der Waals surface area contributed by atoms with Gasteiger partial charge in [0, 0.05) is 9.13 Å². The number of hydrogen-bond donors (Lipinski definition) is 0. The summed E-state index contributed by atoms with van der Waals surface area (Å²) in [7, 11) is 0. The number of hydrogen-bond acceptors (Lipinski definition) is 1. The SMILES string of the molecule is Cc1c(F)cccc1-n1c(C(C)Cl)nc2cc(I)ccc21. The van der Waals surface area contributed by atoms with Crippen LogP contribution < -0.4 is 0 Å². The molecule has 21 heavy (non-hydrogen) atoms. The van der Waals surface area contributed by atoms with Gasteiger partial charge in [0.2, 0.25) is 0 Å². The van der Waals surface area contributed by atoms with Crippen LogP contribution in [-0.4, -0.2) is 9.55 Å². The maximum Gasteiger partial charge on any atom is 0.132 e. The topological polar surface area (TPSA) is 17.8 Å². The number of rotatable bonds is 2. The van der Waals surface area contributed by atoms with Crippen LogP contribution in [0.5, 0.6) is 0 Å². The Balaban J connectivity index is 2.39. The predicted octanol–water partition coefficient (Wildman–Crippen LogP) is 5.38. The number of aromatic nitrogens is 2. The molecule has 2 nitrogen and oxygen atoms in total. The van der Waals surface area contributed by atoms with Crippen molar-refractivity contribution in [2.75, 3.05) is 0 Å². The Morgan fingerprint density at radius 2 is 2.05 bits per heavy atom. The van der Waals surface area contributed by atoms with E-state index in [2.05, 4.69) is 27.6 Å². The largest absolute Gasteiger partial charge is 0.295 e.